The predicted molar refractivity (Wildman–Crippen MR) is 119 cm³/mol. The molecule has 0 bridgehead atoms. The van der Waals surface area contributed by atoms with Gasteiger partial charge in [0.2, 0.25) is 0 Å². The van der Waals surface area contributed by atoms with Gasteiger partial charge in [-0.3, -0.25) is 9.69 Å². The molecule has 34 heavy (non-hydrogen) atoms. The highest BCUT2D eigenvalue weighted by molar-refractivity contribution is 6.04. The number of anilines is 1. The van der Waals surface area contributed by atoms with Gasteiger partial charge in [0.15, 0.2) is 0 Å². The minimum Gasteiger partial charge on any atom is -0.463 e. The van der Waals surface area contributed by atoms with Crippen LogP contribution in [-0.2, 0) is 15.7 Å². The lowest BCUT2D eigenvalue weighted by Gasteiger charge is -2.34. The number of amides is 3. The molecule has 180 valence electrons. The first-order valence-corrected chi connectivity index (χ1v) is 10.6. The van der Waals surface area contributed by atoms with Crippen LogP contribution >= 0.6 is 0 Å². The van der Waals surface area contributed by atoms with Crippen LogP contribution < -0.4 is 10.6 Å². The molecule has 0 saturated carbocycles. The molecule has 1 aliphatic heterocycles. The lowest BCUT2D eigenvalue weighted by molar-refractivity contribution is -0.139. The summed E-state index contributed by atoms with van der Waals surface area (Å²) in [4.78, 5) is 39.0. The molecule has 3 amide bonds. The molecule has 0 fully saturated rings. The normalized spacial score (nSPS) is 16.2. The molecule has 1 unspecified atom stereocenters. The first-order valence-electron chi connectivity index (χ1n) is 10.6. The Balaban J connectivity index is 1.84. The molecular formula is C24H24F3N3O4. The second-order valence-corrected chi connectivity index (χ2v) is 7.50. The SMILES string of the molecule is CCOC(=O)C1=C(C)N(CC)C(=O)NC1c1ccc(NC(=O)c2cccc(C(F)(F)F)c2)cc1. The van der Waals surface area contributed by atoms with E-state index in [0.29, 0.717) is 29.1 Å². The van der Waals surface area contributed by atoms with Crippen LogP contribution in [0.15, 0.2) is 59.8 Å². The average Bonchev–Trinajstić information content (AvgIpc) is 2.79. The Kier molecular flexibility index (Phi) is 7.29. The number of benzene rings is 2. The van der Waals surface area contributed by atoms with Crippen LogP contribution in [0, 0.1) is 0 Å². The smallest absolute Gasteiger partial charge is 0.416 e. The standard InChI is InChI=1S/C24H24F3N3O4/c1-4-30-14(3)19(22(32)34-5-2)20(29-23(30)33)15-9-11-18(12-10-15)28-21(31)16-7-6-8-17(13-16)24(25,26)27/h6-13,20H,4-5H2,1-3H3,(H,28,31)(H,29,33). The number of halogens is 3. The van der Waals surface area contributed by atoms with Gasteiger partial charge in [-0.25, -0.2) is 9.59 Å². The molecule has 0 aliphatic carbocycles. The Morgan fingerprint density at radius 1 is 1.12 bits per heavy atom. The van der Waals surface area contributed by atoms with E-state index in [1.807, 2.05) is 0 Å². The third-order valence-corrected chi connectivity index (χ3v) is 5.36. The maximum atomic E-state index is 12.9. The van der Waals surface area contributed by atoms with E-state index < -0.39 is 29.7 Å². The fraction of sp³-hybridized carbons (Fsp3) is 0.292. The molecule has 2 aromatic rings. The van der Waals surface area contributed by atoms with Crippen molar-refractivity contribution in [3.63, 3.8) is 0 Å². The third-order valence-electron chi connectivity index (χ3n) is 5.36. The predicted octanol–water partition coefficient (Wildman–Crippen LogP) is 4.88. The van der Waals surface area contributed by atoms with Gasteiger partial charge in [0.1, 0.15) is 0 Å². The van der Waals surface area contributed by atoms with Crippen LogP contribution in [0.2, 0.25) is 0 Å². The zero-order valence-corrected chi connectivity index (χ0v) is 18.8. The number of esters is 1. The molecule has 0 saturated heterocycles. The van der Waals surface area contributed by atoms with Crippen molar-refractivity contribution in [2.24, 2.45) is 0 Å². The first kappa shape index (κ1) is 24.8. The number of hydrogen-bond acceptors (Lipinski definition) is 4. The lowest BCUT2D eigenvalue weighted by Crippen LogP contribution is -2.47. The zero-order chi connectivity index (χ0) is 25.0. The summed E-state index contributed by atoms with van der Waals surface area (Å²) < 4.78 is 43.9. The van der Waals surface area contributed by atoms with Crippen LogP contribution in [0.5, 0.6) is 0 Å². The highest BCUT2D eigenvalue weighted by atomic mass is 19.4. The number of carbonyl (C=O) groups excluding carboxylic acids is 3. The molecule has 1 aliphatic rings. The number of rotatable bonds is 6. The Morgan fingerprint density at radius 2 is 1.79 bits per heavy atom. The van der Waals surface area contributed by atoms with Crippen molar-refractivity contribution in [1.82, 2.24) is 10.2 Å². The van der Waals surface area contributed by atoms with E-state index in [9.17, 15) is 27.6 Å². The second kappa shape index (κ2) is 9.98. The van der Waals surface area contributed by atoms with Gasteiger partial charge in [0, 0.05) is 23.5 Å². The zero-order valence-electron chi connectivity index (χ0n) is 18.8. The quantitative estimate of drug-likeness (QED) is 0.583. The highest BCUT2D eigenvalue weighted by Gasteiger charge is 2.36. The monoisotopic (exact) mass is 475 g/mol. The van der Waals surface area contributed by atoms with E-state index in [2.05, 4.69) is 10.6 Å². The largest absolute Gasteiger partial charge is 0.463 e. The number of allylic oxidation sites excluding steroid dienone is 1. The van der Waals surface area contributed by atoms with Gasteiger partial charge < -0.3 is 15.4 Å². The molecule has 2 aromatic carbocycles. The molecule has 7 nitrogen and oxygen atoms in total. The molecular weight excluding hydrogens is 451 g/mol. The molecule has 0 radical (unpaired) electrons. The van der Waals surface area contributed by atoms with Crippen molar-refractivity contribution in [1.29, 1.82) is 0 Å². The molecule has 2 N–H and O–H groups in total. The van der Waals surface area contributed by atoms with Crippen molar-refractivity contribution < 1.29 is 32.3 Å². The summed E-state index contributed by atoms with van der Waals surface area (Å²) in [7, 11) is 0. The lowest BCUT2D eigenvalue weighted by atomic mass is 9.94. The minimum atomic E-state index is -4.56. The molecule has 1 atom stereocenters. The van der Waals surface area contributed by atoms with Crippen LogP contribution in [0.1, 0.15) is 48.3 Å². The Bertz CT molecular complexity index is 1130. The number of nitrogens with zero attached hydrogens (tertiary/aromatic N) is 1. The maximum absolute atomic E-state index is 12.9. The van der Waals surface area contributed by atoms with Crippen molar-refractivity contribution in [3.8, 4) is 0 Å². The van der Waals surface area contributed by atoms with Gasteiger partial charge in [-0.1, -0.05) is 18.2 Å². The molecule has 0 aromatic heterocycles. The maximum Gasteiger partial charge on any atom is 0.416 e. The first-order chi connectivity index (χ1) is 16.1. The van der Waals surface area contributed by atoms with Crippen molar-refractivity contribution >= 4 is 23.6 Å². The number of ether oxygens (including phenoxy) is 1. The molecule has 0 spiro atoms. The summed E-state index contributed by atoms with van der Waals surface area (Å²) in [6, 6.07) is 9.30. The summed E-state index contributed by atoms with van der Waals surface area (Å²) in [6.07, 6.45) is -4.56. The topological polar surface area (TPSA) is 87.7 Å². The Labute approximate surface area is 194 Å². The number of alkyl halides is 3. The number of carbonyl (C=O) groups is 3. The highest BCUT2D eigenvalue weighted by Crippen LogP contribution is 2.32. The molecule has 3 rings (SSSR count). The van der Waals surface area contributed by atoms with Gasteiger partial charge in [0.25, 0.3) is 5.91 Å². The summed E-state index contributed by atoms with van der Waals surface area (Å²) in [5.41, 5.74) is 0.630. The fourth-order valence-electron chi connectivity index (χ4n) is 3.68. The van der Waals surface area contributed by atoms with Gasteiger partial charge in [-0.05, 0) is 56.7 Å². The van der Waals surface area contributed by atoms with Crippen LogP contribution in [-0.4, -0.2) is 36.0 Å². The van der Waals surface area contributed by atoms with E-state index in [1.165, 1.54) is 23.1 Å². The summed E-state index contributed by atoms with van der Waals surface area (Å²) in [5, 5.41) is 5.34. The number of nitrogens with one attached hydrogen (secondary N) is 2. The number of urea groups is 1. The van der Waals surface area contributed by atoms with Crippen LogP contribution in [0.25, 0.3) is 0 Å². The van der Waals surface area contributed by atoms with Gasteiger partial charge in [-0.2, -0.15) is 13.2 Å². The van der Waals surface area contributed by atoms with Crippen molar-refractivity contribution in [3.05, 3.63) is 76.5 Å². The van der Waals surface area contributed by atoms with E-state index in [1.54, 1.807) is 32.9 Å². The Morgan fingerprint density at radius 3 is 2.38 bits per heavy atom. The summed E-state index contributed by atoms with van der Waals surface area (Å²) in [5.74, 6) is -1.25. The van der Waals surface area contributed by atoms with Crippen LogP contribution in [0.3, 0.4) is 0 Å². The van der Waals surface area contributed by atoms with Crippen LogP contribution in [0.4, 0.5) is 23.7 Å². The number of hydrogen-bond donors (Lipinski definition) is 2. The third kappa shape index (κ3) is 5.22. The minimum absolute atomic E-state index is 0.138. The Hall–Kier alpha value is -3.82. The summed E-state index contributed by atoms with van der Waals surface area (Å²) in [6.45, 7) is 5.68. The fourth-order valence-corrected chi connectivity index (χ4v) is 3.68. The van der Waals surface area contributed by atoms with Gasteiger partial charge >= 0.3 is 18.2 Å². The van der Waals surface area contributed by atoms with E-state index in [-0.39, 0.29) is 18.2 Å². The van der Waals surface area contributed by atoms with Crippen molar-refractivity contribution in [2.75, 3.05) is 18.5 Å². The van der Waals surface area contributed by atoms with E-state index in [0.717, 1.165) is 18.2 Å². The van der Waals surface area contributed by atoms with Gasteiger partial charge in [0.05, 0.1) is 23.8 Å². The second-order valence-electron chi connectivity index (χ2n) is 7.50. The van der Waals surface area contributed by atoms with Crippen molar-refractivity contribution in [2.45, 2.75) is 33.0 Å². The van der Waals surface area contributed by atoms with E-state index in [4.69, 9.17) is 4.74 Å². The van der Waals surface area contributed by atoms with Gasteiger partial charge in [-0.15, -0.1) is 0 Å². The molecule has 10 heteroatoms. The summed E-state index contributed by atoms with van der Waals surface area (Å²) >= 11 is 0. The molecule has 1 heterocycles. The average molecular weight is 475 g/mol. The van der Waals surface area contributed by atoms with E-state index >= 15 is 0 Å².